The minimum absolute atomic E-state index is 0.0255. The van der Waals surface area contributed by atoms with Gasteiger partial charge in [-0.25, -0.2) is 0 Å². The zero-order chi connectivity index (χ0) is 11.8. The molecule has 88 valence electrons. The van der Waals surface area contributed by atoms with E-state index >= 15 is 0 Å². The van der Waals surface area contributed by atoms with Crippen LogP contribution >= 0.6 is 0 Å². The third-order valence-electron chi connectivity index (χ3n) is 1.72. The van der Waals surface area contributed by atoms with Crippen molar-refractivity contribution in [3.05, 3.63) is 0 Å². The molecule has 5 nitrogen and oxygen atoms in total. The van der Waals surface area contributed by atoms with E-state index in [-0.39, 0.29) is 19.6 Å². The van der Waals surface area contributed by atoms with Gasteiger partial charge in [0.1, 0.15) is 0 Å². The molecule has 0 aliphatic heterocycles. The van der Waals surface area contributed by atoms with E-state index in [1.807, 2.05) is 0 Å². The van der Waals surface area contributed by atoms with Gasteiger partial charge < -0.3 is 14.6 Å². The molecular weight excluding hydrogens is 200 g/mol. The van der Waals surface area contributed by atoms with E-state index in [4.69, 9.17) is 14.6 Å². The van der Waals surface area contributed by atoms with E-state index in [2.05, 4.69) is 0 Å². The molecule has 0 fully saturated rings. The molecule has 0 aromatic rings. The number of aliphatic hydroxyl groups excluding tert-OH is 1. The summed E-state index contributed by atoms with van der Waals surface area (Å²) >= 11 is 0. The molecule has 0 heterocycles. The van der Waals surface area contributed by atoms with Crippen LogP contribution in [0.1, 0.15) is 27.2 Å². The van der Waals surface area contributed by atoms with Crippen molar-refractivity contribution in [2.75, 3.05) is 13.2 Å². The molecular formula is C10H18O5. The highest BCUT2D eigenvalue weighted by Gasteiger charge is 2.30. The summed E-state index contributed by atoms with van der Waals surface area (Å²) in [6, 6.07) is 0. The van der Waals surface area contributed by atoms with Gasteiger partial charge >= 0.3 is 11.9 Å². The summed E-state index contributed by atoms with van der Waals surface area (Å²) in [6.45, 7) is 5.22. The van der Waals surface area contributed by atoms with E-state index in [0.717, 1.165) is 0 Å². The average molecular weight is 218 g/mol. The molecule has 0 aromatic carbocycles. The molecule has 0 bridgehead atoms. The van der Waals surface area contributed by atoms with Crippen LogP contribution in [0.5, 0.6) is 0 Å². The Labute approximate surface area is 89.4 Å². The van der Waals surface area contributed by atoms with Gasteiger partial charge in [-0.1, -0.05) is 0 Å². The number of rotatable bonds is 6. The van der Waals surface area contributed by atoms with Crippen molar-refractivity contribution < 1.29 is 24.2 Å². The van der Waals surface area contributed by atoms with Crippen LogP contribution in [0, 0.1) is 5.92 Å². The van der Waals surface area contributed by atoms with Crippen LogP contribution in [0.2, 0.25) is 0 Å². The highest BCUT2D eigenvalue weighted by molar-refractivity contribution is 5.94. The van der Waals surface area contributed by atoms with Gasteiger partial charge in [0.15, 0.2) is 5.92 Å². The lowest BCUT2D eigenvalue weighted by Gasteiger charge is -2.15. The Kier molecular flexibility index (Phi) is 6.70. The van der Waals surface area contributed by atoms with E-state index < -0.39 is 24.0 Å². The highest BCUT2D eigenvalue weighted by Crippen LogP contribution is 2.11. The summed E-state index contributed by atoms with van der Waals surface area (Å²) in [4.78, 5) is 22.7. The Balaban J connectivity index is 4.42. The van der Waals surface area contributed by atoms with Gasteiger partial charge in [0.2, 0.25) is 0 Å². The van der Waals surface area contributed by atoms with Crippen molar-refractivity contribution >= 4 is 11.9 Å². The fraction of sp³-hybridized carbons (Fsp3) is 0.800. The first-order chi connectivity index (χ1) is 7.02. The molecule has 0 spiro atoms. The van der Waals surface area contributed by atoms with Gasteiger partial charge in [0.25, 0.3) is 0 Å². The predicted molar refractivity (Wildman–Crippen MR) is 53.1 cm³/mol. The van der Waals surface area contributed by atoms with Crippen LogP contribution < -0.4 is 0 Å². The molecule has 0 saturated heterocycles. The topological polar surface area (TPSA) is 72.8 Å². The van der Waals surface area contributed by atoms with Crippen LogP contribution in [0.3, 0.4) is 0 Å². The van der Waals surface area contributed by atoms with Crippen molar-refractivity contribution in [3.63, 3.8) is 0 Å². The Hall–Kier alpha value is -1.10. The van der Waals surface area contributed by atoms with E-state index in [1.54, 1.807) is 13.8 Å². The Morgan fingerprint density at radius 2 is 1.53 bits per heavy atom. The van der Waals surface area contributed by atoms with Crippen LogP contribution in [0.25, 0.3) is 0 Å². The fourth-order valence-corrected chi connectivity index (χ4v) is 1.12. The summed E-state index contributed by atoms with van der Waals surface area (Å²) < 4.78 is 9.44. The molecule has 0 aromatic heterocycles. The van der Waals surface area contributed by atoms with Crippen LogP contribution in [-0.4, -0.2) is 36.4 Å². The van der Waals surface area contributed by atoms with Crippen LogP contribution in [0.15, 0.2) is 0 Å². The monoisotopic (exact) mass is 218 g/mol. The molecule has 1 unspecified atom stereocenters. The molecule has 0 radical (unpaired) electrons. The van der Waals surface area contributed by atoms with Gasteiger partial charge in [-0.05, 0) is 27.2 Å². The molecule has 1 atom stereocenters. The first kappa shape index (κ1) is 13.9. The quantitative estimate of drug-likeness (QED) is 0.519. The minimum atomic E-state index is -1.02. The SMILES string of the molecule is CCOC(=O)C(CC(C)O)C(=O)OCC. The van der Waals surface area contributed by atoms with Crippen molar-refractivity contribution in [2.24, 2.45) is 5.92 Å². The fourth-order valence-electron chi connectivity index (χ4n) is 1.12. The van der Waals surface area contributed by atoms with Crippen LogP contribution in [-0.2, 0) is 19.1 Å². The minimum Gasteiger partial charge on any atom is -0.465 e. The van der Waals surface area contributed by atoms with E-state index in [1.165, 1.54) is 6.92 Å². The Morgan fingerprint density at radius 3 is 1.80 bits per heavy atom. The lowest BCUT2D eigenvalue weighted by Crippen LogP contribution is -2.30. The molecule has 1 N–H and O–H groups in total. The van der Waals surface area contributed by atoms with Gasteiger partial charge in [0, 0.05) is 0 Å². The number of carbonyl (C=O) groups excluding carboxylic acids is 2. The molecule has 0 aliphatic carbocycles. The first-order valence-corrected chi connectivity index (χ1v) is 5.04. The number of carbonyl (C=O) groups is 2. The molecule has 0 aliphatic rings. The summed E-state index contributed by atoms with van der Waals surface area (Å²) in [6.07, 6.45) is -0.721. The second kappa shape index (κ2) is 7.23. The number of hydrogen-bond acceptors (Lipinski definition) is 5. The van der Waals surface area contributed by atoms with E-state index in [9.17, 15) is 9.59 Å². The maximum absolute atomic E-state index is 11.4. The highest BCUT2D eigenvalue weighted by atomic mass is 16.6. The van der Waals surface area contributed by atoms with E-state index in [0.29, 0.717) is 0 Å². The molecule has 0 rings (SSSR count). The second-order valence-electron chi connectivity index (χ2n) is 3.14. The smallest absolute Gasteiger partial charge is 0.320 e. The van der Waals surface area contributed by atoms with Gasteiger partial charge in [-0.15, -0.1) is 0 Å². The predicted octanol–water partition coefficient (Wildman–Crippen LogP) is 0.500. The summed E-state index contributed by atoms with van der Waals surface area (Å²) in [7, 11) is 0. The van der Waals surface area contributed by atoms with Crippen molar-refractivity contribution in [3.8, 4) is 0 Å². The lowest BCUT2D eigenvalue weighted by molar-refractivity contribution is -0.163. The Bertz CT molecular complexity index is 194. The summed E-state index contributed by atoms with van der Waals surface area (Å²) in [5, 5.41) is 9.14. The molecule has 0 saturated carbocycles. The van der Waals surface area contributed by atoms with Crippen molar-refractivity contribution in [2.45, 2.75) is 33.3 Å². The number of ether oxygens (including phenoxy) is 2. The maximum Gasteiger partial charge on any atom is 0.320 e. The van der Waals surface area contributed by atoms with Crippen LogP contribution in [0.4, 0.5) is 0 Å². The van der Waals surface area contributed by atoms with Gasteiger partial charge in [-0.3, -0.25) is 9.59 Å². The zero-order valence-corrected chi connectivity index (χ0v) is 9.36. The first-order valence-electron chi connectivity index (χ1n) is 5.04. The summed E-state index contributed by atoms with van der Waals surface area (Å²) in [5.41, 5.74) is 0. The van der Waals surface area contributed by atoms with Gasteiger partial charge in [-0.2, -0.15) is 0 Å². The second-order valence-corrected chi connectivity index (χ2v) is 3.14. The largest absolute Gasteiger partial charge is 0.465 e. The third kappa shape index (κ3) is 5.37. The molecule has 15 heavy (non-hydrogen) atoms. The normalized spacial score (nSPS) is 12.3. The van der Waals surface area contributed by atoms with Gasteiger partial charge in [0.05, 0.1) is 19.3 Å². The average Bonchev–Trinajstić information content (AvgIpc) is 2.14. The number of aliphatic hydroxyl groups is 1. The zero-order valence-electron chi connectivity index (χ0n) is 9.36. The van der Waals surface area contributed by atoms with Crippen molar-refractivity contribution in [1.82, 2.24) is 0 Å². The molecule has 0 amide bonds. The Morgan fingerprint density at radius 1 is 1.13 bits per heavy atom. The molecule has 5 heteroatoms. The summed E-state index contributed by atoms with van der Waals surface area (Å²) in [5.74, 6) is -2.31. The number of hydrogen-bond donors (Lipinski definition) is 1. The third-order valence-corrected chi connectivity index (χ3v) is 1.72. The number of esters is 2. The standard InChI is InChI=1S/C10H18O5/c1-4-14-9(12)8(6-7(3)11)10(13)15-5-2/h7-8,11H,4-6H2,1-3H3. The maximum atomic E-state index is 11.4. The lowest BCUT2D eigenvalue weighted by atomic mass is 10.0. The van der Waals surface area contributed by atoms with Crippen molar-refractivity contribution in [1.29, 1.82) is 0 Å².